The van der Waals surface area contributed by atoms with E-state index >= 15 is 0 Å². The van der Waals surface area contributed by atoms with E-state index in [1.807, 2.05) is 0 Å². The second-order valence-electron chi connectivity index (χ2n) is 3.70. The molecule has 102 valence electrons. The number of benzene rings is 1. The molecular formula is C11H14F3NO2S. The van der Waals surface area contributed by atoms with Crippen molar-refractivity contribution in [2.24, 2.45) is 0 Å². The lowest BCUT2D eigenvalue weighted by Crippen LogP contribution is -2.19. The monoisotopic (exact) mass is 281 g/mol. The number of halogens is 3. The normalized spacial score (nSPS) is 13.6. The third kappa shape index (κ3) is 4.66. The van der Waals surface area contributed by atoms with Crippen LogP contribution in [0.1, 0.15) is 5.56 Å². The lowest BCUT2D eigenvalue weighted by molar-refractivity contribution is -0.172. The van der Waals surface area contributed by atoms with Crippen LogP contribution in [0.4, 0.5) is 18.9 Å². The Morgan fingerprint density at radius 1 is 1.39 bits per heavy atom. The number of aryl methyl sites for hydroxylation is 1. The molecule has 0 aliphatic heterocycles. The van der Waals surface area contributed by atoms with E-state index in [9.17, 15) is 17.4 Å². The van der Waals surface area contributed by atoms with Crippen LogP contribution in [0, 0.1) is 6.92 Å². The summed E-state index contributed by atoms with van der Waals surface area (Å²) in [5.41, 5.74) is 6.94. The molecule has 0 heterocycles. The first kappa shape index (κ1) is 15.0. The first-order chi connectivity index (χ1) is 8.31. The van der Waals surface area contributed by atoms with Gasteiger partial charge in [-0.15, -0.1) is 0 Å². The standard InChI is InChI=1S/C11H14F3NO2S/c1-8-3-2-4-9(10(8)15)18(16)6-5-17-7-11(12,13)14/h2-4H,5-7,15H2,1H3. The Bertz CT molecular complexity index is 435. The minimum Gasteiger partial charge on any atom is -0.398 e. The zero-order valence-electron chi connectivity index (χ0n) is 9.79. The van der Waals surface area contributed by atoms with Crippen LogP contribution in [0.5, 0.6) is 0 Å². The summed E-state index contributed by atoms with van der Waals surface area (Å²) in [4.78, 5) is 0.436. The molecule has 18 heavy (non-hydrogen) atoms. The van der Waals surface area contributed by atoms with Gasteiger partial charge < -0.3 is 10.5 Å². The van der Waals surface area contributed by atoms with Gasteiger partial charge in [-0.05, 0) is 18.6 Å². The van der Waals surface area contributed by atoms with E-state index in [4.69, 9.17) is 5.73 Å². The molecule has 0 radical (unpaired) electrons. The van der Waals surface area contributed by atoms with Gasteiger partial charge in [-0.25, -0.2) is 0 Å². The predicted molar refractivity (Wildman–Crippen MR) is 63.7 cm³/mol. The van der Waals surface area contributed by atoms with E-state index in [2.05, 4.69) is 4.74 Å². The Kier molecular flexibility index (Phi) is 5.15. The molecule has 0 bridgehead atoms. The minimum absolute atomic E-state index is 0.0102. The van der Waals surface area contributed by atoms with Gasteiger partial charge >= 0.3 is 6.18 Å². The van der Waals surface area contributed by atoms with Crippen molar-refractivity contribution in [2.45, 2.75) is 18.0 Å². The second-order valence-corrected chi connectivity index (χ2v) is 5.24. The van der Waals surface area contributed by atoms with Gasteiger partial charge in [0.15, 0.2) is 0 Å². The highest BCUT2D eigenvalue weighted by Crippen LogP contribution is 2.20. The fraction of sp³-hybridized carbons (Fsp3) is 0.455. The Labute approximate surface area is 106 Å². The van der Waals surface area contributed by atoms with E-state index in [0.29, 0.717) is 10.6 Å². The summed E-state index contributed by atoms with van der Waals surface area (Å²) in [5.74, 6) is -0.0102. The highest BCUT2D eigenvalue weighted by molar-refractivity contribution is 7.85. The highest BCUT2D eigenvalue weighted by atomic mass is 32.2. The molecular weight excluding hydrogens is 267 g/mol. The van der Waals surface area contributed by atoms with Crippen molar-refractivity contribution in [3.8, 4) is 0 Å². The molecule has 0 saturated carbocycles. The number of para-hydroxylation sites is 1. The Hall–Kier alpha value is -1.08. The molecule has 0 aromatic heterocycles. The van der Waals surface area contributed by atoms with E-state index in [1.165, 1.54) is 0 Å². The lowest BCUT2D eigenvalue weighted by Gasteiger charge is -2.09. The second kappa shape index (κ2) is 6.19. The number of rotatable bonds is 5. The van der Waals surface area contributed by atoms with E-state index < -0.39 is 23.6 Å². The quantitative estimate of drug-likeness (QED) is 0.665. The molecule has 0 spiro atoms. The van der Waals surface area contributed by atoms with Gasteiger partial charge in [-0.2, -0.15) is 13.2 Å². The molecule has 2 N–H and O–H groups in total. The molecule has 1 rings (SSSR count). The molecule has 3 nitrogen and oxygen atoms in total. The average molecular weight is 281 g/mol. The Morgan fingerprint density at radius 3 is 2.67 bits per heavy atom. The number of nitrogens with two attached hydrogens (primary N) is 1. The van der Waals surface area contributed by atoms with Gasteiger partial charge in [0.2, 0.25) is 0 Å². The maximum atomic E-state index is 11.8. The summed E-state index contributed by atoms with van der Waals surface area (Å²) in [6.45, 7) is 0.225. The summed E-state index contributed by atoms with van der Waals surface area (Å²) in [5, 5.41) is 0. The van der Waals surface area contributed by atoms with Gasteiger partial charge in [0.25, 0.3) is 0 Å². The van der Waals surface area contributed by atoms with Crippen LogP contribution < -0.4 is 5.73 Å². The Balaban J connectivity index is 2.49. The van der Waals surface area contributed by atoms with Crippen LogP contribution in [0.15, 0.2) is 23.1 Å². The topological polar surface area (TPSA) is 52.3 Å². The molecule has 0 saturated heterocycles. The van der Waals surface area contributed by atoms with Crippen LogP contribution in [0.25, 0.3) is 0 Å². The number of nitrogen functional groups attached to an aromatic ring is 1. The minimum atomic E-state index is -4.36. The molecule has 1 aromatic rings. The van der Waals surface area contributed by atoms with Gasteiger partial charge in [0.05, 0.1) is 33.7 Å². The number of hydrogen-bond acceptors (Lipinski definition) is 3. The predicted octanol–water partition coefficient (Wildman–Crippen LogP) is 2.26. The van der Waals surface area contributed by atoms with Crippen LogP contribution in [0.2, 0.25) is 0 Å². The van der Waals surface area contributed by atoms with E-state index in [0.717, 1.165) is 5.56 Å². The smallest absolute Gasteiger partial charge is 0.398 e. The van der Waals surface area contributed by atoms with Crippen molar-refractivity contribution >= 4 is 16.5 Å². The van der Waals surface area contributed by atoms with E-state index in [-0.39, 0.29) is 12.4 Å². The highest BCUT2D eigenvalue weighted by Gasteiger charge is 2.27. The fourth-order valence-corrected chi connectivity index (χ4v) is 2.41. The largest absolute Gasteiger partial charge is 0.411 e. The molecule has 0 fully saturated rings. The van der Waals surface area contributed by atoms with Crippen LogP contribution in [0.3, 0.4) is 0 Å². The maximum Gasteiger partial charge on any atom is 0.411 e. The van der Waals surface area contributed by atoms with Gasteiger partial charge in [0, 0.05) is 0 Å². The summed E-state index contributed by atoms with van der Waals surface area (Å²) < 4.78 is 51.6. The summed E-state index contributed by atoms with van der Waals surface area (Å²) in [6, 6.07) is 5.08. The van der Waals surface area contributed by atoms with Crippen molar-refractivity contribution in [3.63, 3.8) is 0 Å². The summed E-state index contributed by atoms with van der Waals surface area (Å²) >= 11 is 0. The molecule has 1 unspecified atom stereocenters. The number of ether oxygens (including phenoxy) is 1. The van der Waals surface area contributed by atoms with Gasteiger partial charge in [0.1, 0.15) is 6.61 Å². The van der Waals surface area contributed by atoms with Gasteiger partial charge in [-0.3, -0.25) is 4.21 Å². The lowest BCUT2D eigenvalue weighted by atomic mass is 10.2. The van der Waals surface area contributed by atoms with Crippen LogP contribution in [-0.2, 0) is 15.5 Å². The third-order valence-corrected chi connectivity index (χ3v) is 3.59. The van der Waals surface area contributed by atoms with Crippen LogP contribution >= 0.6 is 0 Å². The zero-order valence-corrected chi connectivity index (χ0v) is 10.6. The fourth-order valence-electron chi connectivity index (χ4n) is 1.28. The molecule has 0 aliphatic rings. The average Bonchev–Trinajstić information content (AvgIpc) is 2.26. The summed E-state index contributed by atoms with van der Waals surface area (Å²) in [7, 11) is -1.45. The number of hydrogen-bond donors (Lipinski definition) is 1. The first-order valence-corrected chi connectivity index (χ1v) is 6.51. The molecule has 1 aromatic carbocycles. The van der Waals surface area contributed by atoms with Crippen molar-refractivity contribution in [1.82, 2.24) is 0 Å². The Morgan fingerprint density at radius 2 is 2.06 bits per heavy atom. The van der Waals surface area contributed by atoms with Crippen molar-refractivity contribution in [2.75, 3.05) is 24.7 Å². The number of anilines is 1. The maximum absolute atomic E-state index is 11.8. The van der Waals surface area contributed by atoms with Crippen molar-refractivity contribution in [1.29, 1.82) is 0 Å². The number of alkyl halides is 3. The summed E-state index contributed by atoms with van der Waals surface area (Å²) in [6.07, 6.45) is -4.36. The SMILES string of the molecule is Cc1cccc(S(=O)CCOCC(F)(F)F)c1N. The van der Waals surface area contributed by atoms with Crippen LogP contribution in [-0.4, -0.2) is 29.4 Å². The molecule has 7 heteroatoms. The third-order valence-electron chi connectivity index (χ3n) is 2.21. The first-order valence-electron chi connectivity index (χ1n) is 5.19. The van der Waals surface area contributed by atoms with Gasteiger partial charge in [-0.1, -0.05) is 12.1 Å². The molecule has 0 aliphatic carbocycles. The molecule has 0 amide bonds. The zero-order chi connectivity index (χ0) is 13.8. The molecule has 1 atom stereocenters. The van der Waals surface area contributed by atoms with E-state index in [1.54, 1.807) is 25.1 Å². The van der Waals surface area contributed by atoms with Crippen molar-refractivity contribution in [3.05, 3.63) is 23.8 Å². The van der Waals surface area contributed by atoms with Crippen molar-refractivity contribution < 1.29 is 22.1 Å².